The zero-order valence-corrected chi connectivity index (χ0v) is 13.3. The third-order valence-electron chi connectivity index (χ3n) is 3.45. The van der Waals surface area contributed by atoms with Crippen LogP contribution < -0.4 is 5.32 Å². The normalized spacial score (nSPS) is 10.7. The van der Waals surface area contributed by atoms with Gasteiger partial charge < -0.3 is 5.32 Å². The van der Waals surface area contributed by atoms with Crippen LogP contribution in [0.15, 0.2) is 66.7 Å². The Labute approximate surface area is 138 Å². The maximum atomic E-state index is 12.8. The molecule has 23 heavy (non-hydrogen) atoms. The summed E-state index contributed by atoms with van der Waals surface area (Å²) in [5.74, 6) is 0.774. The van der Waals surface area contributed by atoms with Crippen LogP contribution in [0.5, 0.6) is 0 Å². The van der Waals surface area contributed by atoms with Gasteiger partial charge in [0.15, 0.2) is 0 Å². The van der Waals surface area contributed by atoms with Gasteiger partial charge in [-0.1, -0.05) is 42.5 Å². The van der Waals surface area contributed by atoms with Gasteiger partial charge >= 0.3 is 0 Å². The Hall–Kier alpha value is -2.33. The van der Waals surface area contributed by atoms with Gasteiger partial charge in [-0.15, -0.1) is 11.8 Å². The molecule has 0 aliphatic rings. The molecule has 0 aliphatic heterocycles. The van der Waals surface area contributed by atoms with E-state index in [1.165, 1.54) is 23.9 Å². The number of hydrogen-bond donors (Lipinski definition) is 1. The maximum absolute atomic E-state index is 12.8. The molecule has 0 fully saturated rings. The summed E-state index contributed by atoms with van der Waals surface area (Å²) in [7, 11) is 0. The highest BCUT2D eigenvalue weighted by atomic mass is 32.2. The fraction of sp³-hybridized carbons (Fsp3) is 0.105. The highest BCUT2D eigenvalue weighted by molar-refractivity contribution is 7.99. The van der Waals surface area contributed by atoms with Crippen molar-refractivity contribution in [2.45, 2.75) is 5.75 Å². The third kappa shape index (κ3) is 4.33. The minimum Gasteiger partial charge on any atom is -0.325 e. The Balaban J connectivity index is 1.53. The van der Waals surface area contributed by atoms with Crippen LogP contribution in [0.4, 0.5) is 10.1 Å². The molecule has 3 aromatic rings. The van der Waals surface area contributed by atoms with Crippen LogP contribution >= 0.6 is 11.8 Å². The monoisotopic (exact) mass is 325 g/mol. The lowest BCUT2D eigenvalue weighted by molar-refractivity contribution is -0.113. The topological polar surface area (TPSA) is 29.1 Å². The van der Waals surface area contributed by atoms with E-state index in [4.69, 9.17) is 0 Å². The van der Waals surface area contributed by atoms with Gasteiger partial charge in [0.2, 0.25) is 5.91 Å². The molecular formula is C19H16FNOS. The highest BCUT2D eigenvalue weighted by Crippen LogP contribution is 2.19. The first-order valence-corrected chi connectivity index (χ1v) is 8.47. The van der Waals surface area contributed by atoms with Crippen LogP contribution in [0.3, 0.4) is 0 Å². The van der Waals surface area contributed by atoms with Crippen LogP contribution in [-0.2, 0) is 10.5 Å². The third-order valence-corrected chi connectivity index (χ3v) is 4.45. The van der Waals surface area contributed by atoms with Gasteiger partial charge in [-0.2, -0.15) is 0 Å². The van der Waals surface area contributed by atoms with Crippen molar-refractivity contribution in [1.29, 1.82) is 0 Å². The van der Waals surface area contributed by atoms with Gasteiger partial charge in [0.05, 0.1) is 5.75 Å². The van der Waals surface area contributed by atoms with E-state index in [1.54, 1.807) is 12.1 Å². The Bertz CT molecular complexity index is 817. The number of halogens is 1. The quantitative estimate of drug-likeness (QED) is 0.726. The highest BCUT2D eigenvalue weighted by Gasteiger charge is 2.04. The summed E-state index contributed by atoms with van der Waals surface area (Å²) in [5, 5.41) is 5.16. The van der Waals surface area contributed by atoms with Crippen molar-refractivity contribution in [3.05, 3.63) is 78.1 Å². The molecule has 3 rings (SSSR count). The number of benzene rings is 3. The van der Waals surface area contributed by atoms with Crippen LogP contribution in [-0.4, -0.2) is 11.7 Å². The molecule has 0 aliphatic carbocycles. The number of carbonyl (C=O) groups is 1. The fourth-order valence-electron chi connectivity index (χ4n) is 2.31. The molecule has 0 aromatic heterocycles. The summed E-state index contributed by atoms with van der Waals surface area (Å²) in [6, 6.07) is 20.3. The lowest BCUT2D eigenvalue weighted by atomic mass is 10.1. The number of nitrogens with one attached hydrogen (secondary N) is 1. The van der Waals surface area contributed by atoms with Crippen molar-refractivity contribution in [2.24, 2.45) is 0 Å². The predicted octanol–water partition coefficient (Wildman–Crippen LogP) is 4.85. The van der Waals surface area contributed by atoms with Gasteiger partial charge in [-0.05, 0) is 40.6 Å². The Kier molecular flexibility index (Phi) is 4.93. The van der Waals surface area contributed by atoms with E-state index < -0.39 is 0 Å². The number of anilines is 1. The lowest BCUT2D eigenvalue weighted by Gasteiger charge is -2.07. The molecule has 0 heterocycles. The molecule has 3 aromatic carbocycles. The molecule has 2 nitrogen and oxygen atoms in total. The standard InChI is InChI=1S/C19H16FNOS/c20-17-8-5-14(6-9-17)12-23-13-19(22)21-18-10-7-15-3-1-2-4-16(15)11-18/h1-11H,12-13H2,(H,21,22). The molecule has 1 N–H and O–H groups in total. The Morgan fingerprint density at radius 1 is 0.957 bits per heavy atom. The first kappa shape index (κ1) is 15.6. The van der Waals surface area contributed by atoms with E-state index in [0.29, 0.717) is 11.5 Å². The molecule has 1 amide bonds. The average Bonchev–Trinajstić information content (AvgIpc) is 2.56. The molecule has 0 saturated carbocycles. The van der Waals surface area contributed by atoms with Gasteiger partial charge in [0.25, 0.3) is 0 Å². The Morgan fingerprint density at radius 2 is 1.70 bits per heavy atom. The second-order valence-corrected chi connectivity index (χ2v) is 6.21. The molecule has 0 bridgehead atoms. The molecule has 0 spiro atoms. The molecule has 0 saturated heterocycles. The van der Waals surface area contributed by atoms with Crippen LogP contribution in [0.25, 0.3) is 10.8 Å². The van der Waals surface area contributed by atoms with Crippen molar-refractivity contribution in [3.63, 3.8) is 0 Å². The smallest absolute Gasteiger partial charge is 0.234 e. The summed E-state index contributed by atoms with van der Waals surface area (Å²) < 4.78 is 12.8. The first-order chi connectivity index (χ1) is 11.2. The Morgan fingerprint density at radius 3 is 2.48 bits per heavy atom. The zero-order chi connectivity index (χ0) is 16.1. The predicted molar refractivity (Wildman–Crippen MR) is 95.1 cm³/mol. The van der Waals surface area contributed by atoms with E-state index in [1.807, 2.05) is 42.5 Å². The van der Waals surface area contributed by atoms with E-state index in [-0.39, 0.29) is 11.7 Å². The van der Waals surface area contributed by atoms with Crippen molar-refractivity contribution in [2.75, 3.05) is 11.1 Å². The summed E-state index contributed by atoms with van der Waals surface area (Å²) in [5.41, 5.74) is 1.81. The fourth-order valence-corrected chi connectivity index (χ4v) is 3.09. The number of rotatable bonds is 5. The zero-order valence-electron chi connectivity index (χ0n) is 12.5. The van der Waals surface area contributed by atoms with Gasteiger partial charge in [0.1, 0.15) is 5.82 Å². The van der Waals surface area contributed by atoms with Crippen LogP contribution in [0, 0.1) is 5.82 Å². The number of thioether (sulfide) groups is 1. The lowest BCUT2D eigenvalue weighted by Crippen LogP contribution is -2.14. The number of amides is 1. The minimum atomic E-state index is -0.243. The molecule has 116 valence electrons. The van der Waals surface area contributed by atoms with E-state index >= 15 is 0 Å². The summed E-state index contributed by atoms with van der Waals surface area (Å²) >= 11 is 1.51. The minimum absolute atomic E-state index is 0.0348. The van der Waals surface area contributed by atoms with Crippen LogP contribution in [0.2, 0.25) is 0 Å². The SMILES string of the molecule is O=C(CSCc1ccc(F)cc1)Nc1ccc2ccccc2c1. The van der Waals surface area contributed by atoms with Gasteiger partial charge in [0, 0.05) is 11.4 Å². The van der Waals surface area contributed by atoms with E-state index in [9.17, 15) is 9.18 Å². The second kappa shape index (κ2) is 7.29. The maximum Gasteiger partial charge on any atom is 0.234 e. The largest absolute Gasteiger partial charge is 0.325 e. The van der Waals surface area contributed by atoms with E-state index in [0.717, 1.165) is 22.0 Å². The van der Waals surface area contributed by atoms with E-state index in [2.05, 4.69) is 5.32 Å². The summed E-state index contributed by atoms with van der Waals surface area (Å²) in [4.78, 5) is 12.0. The summed E-state index contributed by atoms with van der Waals surface area (Å²) in [6.45, 7) is 0. The molecule has 0 unspecified atom stereocenters. The molecule has 4 heteroatoms. The van der Waals surface area contributed by atoms with Crippen molar-refractivity contribution < 1.29 is 9.18 Å². The van der Waals surface area contributed by atoms with Crippen molar-refractivity contribution >= 4 is 34.1 Å². The molecular weight excluding hydrogens is 309 g/mol. The number of carbonyl (C=O) groups excluding carboxylic acids is 1. The second-order valence-electron chi connectivity index (χ2n) is 5.23. The first-order valence-electron chi connectivity index (χ1n) is 7.31. The van der Waals surface area contributed by atoms with Crippen molar-refractivity contribution in [3.8, 4) is 0 Å². The summed E-state index contributed by atoms with van der Waals surface area (Å²) in [6.07, 6.45) is 0. The average molecular weight is 325 g/mol. The number of fused-ring (bicyclic) bond motifs is 1. The molecule has 0 atom stereocenters. The molecule has 0 radical (unpaired) electrons. The van der Waals surface area contributed by atoms with Gasteiger partial charge in [-0.25, -0.2) is 4.39 Å². The van der Waals surface area contributed by atoms with Gasteiger partial charge in [-0.3, -0.25) is 4.79 Å². The van der Waals surface area contributed by atoms with Crippen molar-refractivity contribution in [1.82, 2.24) is 0 Å². The van der Waals surface area contributed by atoms with Crippen LogP contribution in [0.1, 0.15) is 5.56 Å². The number of hydrogen-bond acceptors (Lipinski definition) is 2.